The Morgan fingerprint density at radius 1 is 1.53 bits per heavy atom. The van der Waals surface area contributed by atoms with Gasteiger partial charge in [0.25, 0.3) is 0 Å². The monoisotopic (exact) mass is 310 g/mol. The van der Waals surface area contributed by atoms with Crippen LogP contribution >= 0.6 is 35.2 Å². The summed E-state index contributed by atoms with van der Waals surface area (Å²) in [4.78, 5) is 11.9. The van der Waals surface area contributed by atoms with E-state index in [2.05, 4.69) is 20.3 Å². The molecule has 98 valence electrons. The van der Waals surface area contributed by atoms with Crippen LogP contribution in [0, 0.1) is 11.7 Å². The van der Waals surface area contributed by atoms with E-state index in [1.807, 2.05) is 17.6 Å². The zero-order chi connectivity index (χ0) is 13.4. The van der Waals surface area contributed by atoms with Gasteiger partial charge < -0.3 is 9.55 Å². The topological polar surface area (TPSA) is 46.5 Å². The van der Waals surface area contributed by atoms with Crippen LogP contribution in [0.3, 0.4) is 0 Å². The number of thiazole rings is 1. The van der Waals surface area contributed by atoms with E-state index in [0.29, 0.717) is 9.79 Å². The molecule has 0 spiro atoms. The van der Waals surface area contributed by atoms with E-state index in [9.17, 15) is 0 Å². The van der Waals surface area contributed by atoms with E-state index in [1.54, 1.807) is 17.5 Å². The van der Waals surface area contributed by atoms with Crippen molar-refractivity contribution in [3.63, 3.8) is 0 Å². The second-order valence-electron chi connectivity index (χ2n) is 4.21. The molecular weight excluding hydrogens is 300 g/mol. The number of pyridine rings is 1. The van der Waals surface area contributed by atoms with Crippen LogP contribution in [-0.4, -0.2) is 19.5 Å². The number of aryl methyl sites for hydroxylation is 3. The number of nitrogens with one attached hydrogen (secondary N) is 1. The lowest BCUT2D eigenvalue weighted by Gasteiger charge is -2.02. The number of hydrogen-bond donors (Lipinski definition) is 1. The van der Waals surface area contributed by atoms with Crippen LogP contribution in [-0.2, 0) is 13.0 Å². The van der Waals surface area contributed by atoms with Gasteiger partial charge in [-0.05, 0) is 25.2 Å². The Balaban J connectivity index is 1.92. The number of fused-ring (bicyclic) bond motifs is 1. The molecule has 0 saturated carbocycles. The molecule has 0 unspecified atom stereocenters. The number of aromatic amines is 1. The predicted molar refractivity (Wildman–Crippen MR) is 80.5 cm³/mol. The molecule has 0 radical (unpaired) electrons. The summed E-state index contributed by atoms with van der Waals surface area (Å²) in [5.74, 6) is 0. The van der Waals surface area contributed by atoms with Crippen molar-refractivity contribution in [2.75, 3.05) is 0 Å². The van der Waals surface area contributed by atoms with Crippen LogP contribution in [0.25, 0.3) is 11.2 Å². The fourth-order valence-corrected chi connectivity index (χ4v) is 3.07. The number of aromatic nitrogens is 4. The normalized spacial score (nSPS) is 11.3. The SMILES string of the molecule is Cc1nc(CCn2c(=S)[nH]c3cc(Cl)cnc32)cs1. The molecule has 0 aliphatic heterocycles. The average Bonchev–Trinajstić information content (AvgIpc) is 2.89. The van der Waals surface area contributed by atoms with Crippen molar-refractivity contribution < 1.29 is 0 Å². The van der Waals surface area contributed by atoms with Gasteiger partial charge in [0, 0.05) is 24.5 Å². The van der Waals surface area contributed by atoms with Crippen molar-refractivity contribution in [1.82, 2.24) is 19.5 Å². The first-order valence-corrected chi connectivity index (χ1v) is 7.45. The summed E-state index contributed by atoms with van der Waals surface area (Å²) >= 11 is 12.9. The first kappa shape index (κ1) is 12.8. The molecule has 0 bridgehead atoms. The number of H-pyrrole nitrogens is 1. The van der Waals surface area contributed by atoms with Gasteiger partial charge in [-0.3, -0.25) is 0 Å². The Bertz CT molecular complexity index is 786. The zero-order valence-corrected chi connectivity index (χ0v) is 12.6. The third-order valence-electron chi connectivity index (χ3n) is 2.83. The molecule has 3 rings (SSSR count). The smallest absolute Gasteiger partial charge is 0.179 e. The molecule has 3 aromatic rings. The molecule has 0 saturated heterocycles. The first-order chi connectivity index (χ1) is 9.13. The molecule has 0 fully saturated rings. The molecule has 0 aromatic carbocycles. The van der Waals surface area contributed by atoms with Crippen LogP contribution in [0.2, 0.25) is 5.02 Å². The Hall–Kier alpha value is -1.24. The highest BCUT2D eigenvalue weighted by molar-refractivity contribution is 7.71. The molecule has 7 heteroatoms. The Labute approximate surface area is 124 Å². The van der Waals surface area contributed by atoms with E-state index < -0.39 is 0 Å². The Kier molecular flexibility index (Phi) is 3.38. The van der Waals surface area contributed by atoms with Crippen molar-refractivity contribution in [2.45, 2.75) is 19.9 Å². The van der Waals surface area contributed by atoms with Crippen molar-refractivity contribution in [2.24, 2.45) is 0 Å². The molecule has 0 atom stereocenters. The summed E-state index contributed by atoms with van der Waals surface area (Å²) < 4.78 is 2.65. The zero-order valence-electron chi connectivity index (χ0n) is 10.2. The van der Waals surface area contributed by atoms with E-state index in [4.69, 9.17) is 23.8 Å². The van der Waals surface area contributed by atoms with Crippen LogP contribution < -0.4 is 0 Å². The molecule has 0 amide bonds. The molecule has 0 aliphatic rings. The minimum atomic E-state index is 0.603. The van der Waals surface area contributed by atoms with Gasteiger partial charge in [-0.25, -0.2) is 9.97 Å². The summed E-state index contributed by atoms with van der Waals surface area (Å²) in [6.07, 6.45) is 2.48. The molecule has 3 aromatic heterocycles. The molecule has 0 aliphatic carbocycles. The lowest BCUT2D eigenvalue weighted by Crippen LogP contribution is -2.02. The van der Waals surface area contributed by atoms with Crippen molar-refractivity contribution in [3.05, 3.63) is 38.1 Å². The quantitative estimate of drug-likeness (QED) is 0.749. The highest BCUT2D eigenvalue weighted by Crippen LogP contribution is 2.17. The molecule has 4 nitrogen and oxygen atoms in total. The summed E-state index contributed by atoms with van der Waals surface area (Å²) in [6, 6.07) is 1.84. The number of nitrogens with zero attached hydrogens (tertiary/aromatic N) is 3. The second-order valence-corrected chi connectivity index (χ2v) is 6.10. The molecule has 1 N–H and O–H groups in total. The third-order valence-corrected chi connectivity index (χ3v) is 4.19. The van der Waals surface area contributed by atoms with Crippen LogP contribution in [0.4, 0.5) is 0 Å². The Morgan fingerprint density at radius 3 is 3.11 bits per heavy atom. The van der Waals surface area contributed by atoms with Gasteiger partial charge in [0.05, 0.1) is 21.2 Å². The molecule has 19 heavy (non-hydrogen) atoms. The molecular formula is C12H11ClN4S2. The fraction of sp³-hybridized carbons (Fsp3) is 0.250. The predicted octanol–water partition coefficient (Wildman–Crippen LogP) is 3.75. The maximum absolute atomic E-state index is 5.92. The summed E-state index contributed by atoms with van der Waals surface area (Å²) in [5, 5.41) is 3.77. The van der Waals surface area contributed by atoms with Crippen molar-refractivity contribution in [1.29, 1.82) is 0 Å². The number of halogens is 1. The highest BCUT2D eigenvalue weighted by Gasteiger charge is 2.07. The van der Waals surface area contributed by atoms with Gasteiger partial charge in [0.2, 0.25) is 0 Å². The largest absolute Gasteiger partial charge is 0.329 e. The second kappa shape index (κ2) is 5.03. The lowest BCUT2D eigenvalue weighted by molar-refractivity contribution is 0.691. The van der Waals surface area contributed by atoms with Gasteiger partial charge in [0.1, 0.15) is 0 Å². The highest BCUT2D eigenvalue weighted by atomic mass is 35.5. The van der Waals surface area contributed by atoms with Gasteiger partial charge >= 0.3 is 0 Å². The minimum Gasteiger partial charge on any atom is -0.329 e. The van der Waals surface area contributed by atoms with Crippen LogP contribution in [0.1, 0.15) is 10.7 Å². The van der Waals surface area contributed by atoms with Gasteiger partial charge in [0.15, 0.2) is 10.4 Å². The molecule has 3 heterocycles. The standard InChI is InChI=1S/C12H11ClN4S2/c1-7-15-9(6-19-7)2-3-17-11-10(16-12(17)18)4-8(13)5-14-11/h4-6H,2-3H2,1H3,(H,16,18). The van der Waals surface area contributed by atoms with Gasteiger partial charge in [-0.2, -0.15) is 0 Å². The van der Waals surface area contributed by atoms with Crippen LogP contribution in [0.5, 0.6) is 0 Å². The summed E-state index contributed by atoms with van der Waals surface area (Å²) in [6.45, 7) is 2.77. The fourth-order valence-electron chi connectivity index (χ4n) is 1.97. The van der Waals surface area contributed by atoms with E-state index in [-0.39, 0.29) is 0 Å². The average molecular weight is 311 g/mol. The van der Waals surface area contributed by atoms with Gasteiger partial charge in [-0.15, -0.1) is 11.3 Å². The first-order valence-electron chi connectivity index (χ1n) is 5.78. The van der Waals surface area contributed by atoms with E-state index in [0.717, 1.165) is 34.8 Å². The third kappa shape index (κ3) is 2.56. The van der Waals surface area contributed by atoms with Crippen molar-refractivity contribution in [3.8, 4) is 0 Å². The van der Waals surface area contributed by atoms with E-state index >= 15 is 0 Å². The minimum absolute atomic E-state index is 0.603. The van der Waals surface area contributed by atoms with E-state index in [1.165, 1.54) is 0 Å². The Morgan fingerprint density at radius 2 is 2.37 bits per heavy atom. The maximum Gasteiger partial charge on any atom is 0.179 e. The maximum atomic E-state index is 5.92. The van der Waals surface area contributed by atoms with Crippen LogP contribution in [0.15, 0.2) is 17.6 Å². The van der Waals surface area contributed by atoms with Crippen molar-refractivity contribution >= 4 is 46.3 Å². The van der Waals surface area contributed by atoms with Gasteiger partial charge in [-0.1, -0.05) is 11.6 Å². The summed E-state index contributed by atoms with van der Waals surface area (Å²) in [7, 11) is 0. The number of rotatable bonds is 3. The lowest BCUT2D eigenvalue weighted by atomic mass is 10.3. The number of imidazole rings is 1. The number of hydrogen-bond acceptors (Lipinski definition) is 4. The summed E-state index contributed by atoms with van der Waals surface area (Å²) in [5.41, 5.74) is 2.79.